The summed E-state index contributed by atoms with van der Waals surface area (Å²) in [7, 11) is 4.81. The van der Waals surface area contributed by atoms with Gasteiger partial charge in [0.25, 0.3) is 23.6 Å². The molecule has 0 saturated carbocycles. The van der Waals surface area contributed by atoms with Crippen LogP contribution in [0.5, 0.6) is 0 Å². The van der Waals surface area contributed by atoms with Gasteiger partial charge in [-0.2, -0.15) is 5.10 Å². The van der Waals surface area contributed by atoms with Gasteiger partial charge in [-0.1, -0.05) is 18.2 Å². The van der Waals surface area contributed by atoms with Crippen molar-refractivity contribution in [3.63, 3.8) is 0 Å². The number of halogens is 2. The summed E-state index contributed by atoms with van der Waals surface area (Å²) in [6, 6.07) is 11.5. The second-order valence-electron chi connectivity index (χ2n) is 10.6. The number of nitrogens with two attached hydrogens (primary N) is 1. The normalized spacial score (nSPS) is 11.0. The number of carbonyl (C=O) groups excluding carboxylic acids is 4. The number of anilines is 3. The number of imidazole rings is 1. The Bertz CT molecular complexity index is 1790. The van der Waals surface area contributed by atoms with Gasteiger partial charge in [0, 0.05) is 83.0 Å². The molecule has 16 nitrogen and oxygen atoms in total. The number of nitrogens with one attached hydrogen (secondary N) is 4. The summed E-state index contributed by atoms with van der Waals surface area (Å²) in [6.45, 7) is 0.783. The molecule has 3 aromatic heterocycles. The maximum absolute atomic E-state index is 13.6. The third-order valence-electron chi connectivity index (χ3n) is 6.99. The van der Waals surface area contributed by atoms with Crippen LogP contribution in [0.15, 0.2) is 54.9 Å². The van der Waals surface area contributed by atoms with E-state index in [4.69, 9.17) is 34.3 Å². The molecule has 6 N–H and O–H groups in total. The first-order chi connectivity index (χ1) is 22.9. The number of hydrogen-bond donors (Lipinski definition) is 5. The van der Waals surface area contributed by atoms with Gasteiger partial charge in [0.15, 0.2) is 11.6 Å². The molecular formula is C30H36Cl2N12O4. The lowest BCUT2D eigenvalue weighted by Gasteiger charge is -2.32. The van der Waals surface area contributed by atoms with E-state index < -0.39 is 17.7 Å². The first-order valence-electron chi connectivity index (χ1n) is 14.7. The summed E-state index contributed by atoms with van der Waals surface area (Å²) in [6.07, 6.45) is 3.31. The molecule has 4 rings (SSSR count). The van der Waals surface area contributed by atoms with Crippen LogP contribution in [0, 0.1) is 5.41 Å². The summed E-state index contributed by atoms with van der Waals surface area (Å²) < 4.78 is 4.32. The molecule has 0 spiro atoms. The van der Waals surface area contributed by atoms with E-state index in [0.717, 1.165) is 0 Å². The van der Waals surface area contributed by atoms with E-state index in [1.165, 1.54) is 31.0 Å². The van der Waals surface area contributed by atoms with E-state index in [2.05, 4.69) is 26.0 Å². The largest absolute Gasteiger partial charge is 0.388 e. The van der Waals surface area contributed by atoms with E-state index in [0.29, 0.717) is 24.3 Å². The minimum Gasteiger partial charge on any atom is -0.388 e. The molecular weight excluding hydrogens is 663 g/mol. The highest BCUT2D eigenvalue weighted by atomic mass is 35.5. The number of aromatic nitrogens is 5. The lowest BCUT2D eigenvalue weighted by Crippen LogP contribution is -2.49. The van der Waals surface area contributed by atoms with E-state index in [1.807, 2.05) is 0 Å². The molecule has 0 atom stereocenters. The molecule has 4 aromatic rings. The zero-order valence-electron chi connectivity index (χ0n) is 26.5. The second-order valence-corrected chi connectivity index (χ2v) is 11.3. The topological polar surface area (TPSA) is 201 Å². The van der Waals surface area contributed by atoms with Crippen molar-refractivity contribution in [3.8, 4) is 0 Å². The Labute approximate surface area is 286 Å². The summed E-state index contributed by atoms with van der Waals surface area (Å²) in [5, 5.41) is 22.5. The van der Waals surface area contributed by atoms with Gasteiger partial charge in [-0.25, -0.2) is 15.0 Å². The van der Waals surface area contributed by atoms with Gasteiger partial charge < -0.3 is 30.8 Å². The number of alkyl halides is 2. The molecule has 0 aliphatic rings. The van der Waals surface area contributed by atoms with Crippen LogP contribution < -0.4 is 26.7 Å². The van der Waals surface area contributed by atoms with Crippen molar-refractivity contribution in [2.45, 2.75) is 6.42 Å². The Kier molecular flexibility index (Phi) is 11.9. The number of hydrazine groups is 1. The predicted molar refractivity (Wildman–Crippen MR) is 183 cm³/mol. The lowest BCUT2D eigenvalue weighted by molar-refractivity contribution is 0.0899. The summed E-state index contributed by atoms with van der Waals surface area (Å²) in [4.78, 5) is 57.1. The second kappa shape index (κ2) is 16.1. The number of carbonyl (C=O) groups is 4. The number of amidine groups is 1. The van der Waals surface area contributed by atoms with Crippen LogP contribution in [0.4, 0.5) is 17.3 Å². The van der Waals surface area contributed by atoms with Crippen molar-refractivity contribution in [1.29, 1.82) is 5.41 Å². The van der Waals surface area contributed by atoms with Crippen molar-refractivity contribution in [2.75, 3.05) is 47.0 Å². The molecule has 0 bridgehead atoms. The molecule has 1 aromatic carbocycles. The number of rotatable bonds is 15. The van der Waals surface area contributed by atoms with Gasteiger partial charge in [0.1, 0.15) is 11.4 Å². The monoisotopic (exact) mass is 698 g/mol. The van der Waals surface area contributed by atoms with Gasteiger partial charge in [-0.05, 0) is 18.2 Å². The average Bonchev–Trinajstić information content (AvgIpc) is 3.73. The minimum atomic E-state index is -0.584. The molecule has 0 aliphatic heterocycles. The third-order valence-corrected chi connectivity index (χ3v) is 7.33. The fraction of sp³-hybridized carbons (Fsp3) is 0.300. The van der Waals surface area contributed by atoms with Crippen molar-refractivity contribution < 1.29 is 19.2 Å². The highest BCUT2D eigenvalue weighted by Gasteiger charge is 2.28. The van der Waals surface area contributed by atoms with Crippen LogP contribution in [0.2, 0.25) is 0 Å². The predicted octanol–water partition coefficient (Wildman–Crippen LogP) is 2.39. The highest BCUT2D eigenvalue weighted by molar-refractivity contribution is 6.18. The van der Waals surface area contributed by atoms with Crippen LogP contribution in [-0.4, -0.2) is 89.8 Å². The molecule has 48 heavy (non-hydrogen) atoms. The number of benzene rings is 1. The fourth-order valence-electron chi connectivity index (χ4n) is 4.72. The lowest BCUT2D eigenvalue weighted by atomic mass is 10.2. The summed E-state index contributed by atoms with van der Waals surface area (Å²) in [5.41, 5.74) is 6.44. The quantitative estimate of drug-likeness (QED) is 0.0539. The first-order valence-corrected chi connectivity index (χ1v) is 15.7. The average molecular weight is 700 g/mol. The van der Waals surface area contributed by atoms with Crippen molar-refractivity contribution in [1.82, 2.24) is 34.2 Å². The smallest absolute Gasteiger partial charge is 0.291 e. The Balaban J connectivity index is 1.50. The molecule has 0 radical (unpaired) electrons. The third kappa shape index (κ3) is 8.58. The van der Waals surface area contributed by atoms with Crippen LogP contribution in [0.25, 0.3) is 0 Å². The molecule has 0 saturated heterocycles. The van der Waals surface area contributed by atoms with Crippen LogP contribution in [0.3, 0.4) is 0 Å². The van der Waals surface area contributed by atoms with Crippen LogP contribution in [0.1, 0.15) is 48.4 Å². The van der Waals surface area contributed by atoms with Crippen LogP contribution >= 0.6 is 23.2 Å². The Morgan fingerprint density at radius 1 is 0.896 bits per heavy atom. The molecule has 0 aliphatic carbocycles. The van der Waals surface area contributed by atoms with Gasteiger partial charge in [0.05, 0.1) is 11.5 Å². The highest BCUT2D eigenvalue weighted by Crippen LogP contribution is 2.22. The van der Waals surface area contributed by atoms with Crippen molar-refractivity contribution in [2.24, 2.45) is 26.9 Å². The summed E-state index contributed by atoms with van der Waals surface area (Å²) >= 11 is 12.1. The number of nitrogens with zero attached hydrogens (tertiary/aromatic N) is 7. The number of amides is 4. The zero-order chi connectivity index (χ0) is 35.0. The Morgan fingerprint density at radius 2 is 1.58 bits per heavy atom. The molecule has 0 fully saturated rings. The Morgan fingerprint density at radius 3 is 2.23 bits per heavy atom. The molecule has 3 heterocycles. The van der Waals surface area contributed by atoms with Gasteiger partial charge in [-0.3, -0.25) is 29.3 Å². The van der Waals surface area contributed by atoms with E-state index in [1.54, 1.807) is 68.9 Å². The zero-order valence-corrected chi connectivity index (χ0v) is 28.0. The van der Waals surface area contributed by atoms with Gasteiger partial charge in [0.2, 0.25) is 5.82 Å². The molecule has 4 amide bonds. The van der Waals surface area contributed by atoms with E-state index >= 15 is 0 Å². The SMILES string of the molecule is Cn1cc(NC(=O)c2nc(N(C(=O)c3ccccc3)N(CCCl)CCCl)cn2C)cc1C(=O)Nc1cc(C(=O)NCCC(=N)N)n(C)n1. The molecule has 0 unspecified atom stereocenters. The van der Waals surface area contributed by atoms with Crippen molar-refractivity contribution >= 4 is 70.0 Å². The van der Waals surface area contributed by atoms with Gasteiger partial charge in [-0.15, -0.1) is 23.2 Å². The maximum Gasteiger partial charge on any atom is 0.291 e. The van der Waals surface area contributed by atoms with E-state index in [-0.39, 0.29) is 65.3 Å². The van der Waals surface area contributed by atoms with E-state index in [9.17, 15) is 19.2 Å². The standard InChI is InChI=1S/C30H36Cl2N12O4/c1-40-17-20(15-21(40)28(46)37-24-16-22(42(3)39-24)27(45)35-12-9-23(33)34)36-29(47)26-38-25(18-41(26)2)44(43(13-10-31)14-11-32)30(48)19-7-5-4-6-8-19/h4-8,15-18H,9-14H2,1-3H3,(H3,33,34)(H,35,45)(H,36,47)(H,37,39,46). The Hall–Kier alpha value is -5.19. The number of aryl methyl sites for hydroxylation is 3. The van der Waals surface area contributed by atoms with Gasteiger partial charge >= 0.3 is 0 Å². The molecule has 18 heteroatoms. The maximum atomic E-state index is 13.6. The van der Waals surface area contributed by atoms with Crippen molar-refractivity contribution in [3.05, 3.63) is 77.6 Å². The van der Waals surface area contributed by atoms with Crippen LogP contribution in [-0.2, 0) is 21.1 Å². The first kappa shape index (κ1) is 35.7. The fourth-order valence-corrected chi connectivity index (χ4v) is 5.11. The molecule has 254 valence electrons. The number of hydrogen-bond acceptors (Lipinski definition) is 8. The summed E-state index contributed by atoms with van der Waals surface area (Å²) in [5.74, 6) is -1.20. The minimum absolute atomic E-state index is 0.00464.